The first-order chi connectivity index (χ1) is 12.8. The molecule has 140 valence electrons. The van der Waals surface area contributed by atoms with Gasteiger partial charge in [-0.3, -0.25) is 4.79 Å². The SMILES string of the molecule is Cc1cc(C)c(NC(=O)[C@H](C)Sc2nnc(-c3ccccc3Br)o2)c(C)c1. The number of aromatic nitrogens is 2. The van der Waals surface area contributed by atoms with Crippen molar-refractivity contribution in [2.45, 2.75) is 38.2 Å². The third-order valence-electron chi connectivity index (χ3n) is 4.08. The van der Waals surface area contributed by atoms with Gasteiger partial charge in [-0.25, -0.2) is 0 Å². The lowest BCUT2D eigenvalue weighted by Crippen LogP contribution is -2.23. The molecule has 0 aliphatic rings. The number of hydrogen-bond donors (Lipinski definition) is 1. The van der Waals surface area contributed by atoms with E-state index < -0.39 is 0 Å². The van der Waals surface area contributed by atoms with Crippen molar-refractivity contribution >= 4 is 39.3 Å². The van der Waals surface area contributed by atoms with E-state index in [0.29, 0.717) is 11.1 Å². The van der Waals surface area contributed by atoms with Crippen LogP contribution in [0.15, 0.2) is 50.5 Å². The van der Waals surface area contributed by atoms with E-state index in [1.807, 2.05) is 52.0 Å². The van der Waals surface area contributed by atoms with Gasteiger partial charge in [0.05, 0.1) is 10.8 Å². The number of benzene rings is 2. The summed E-state index contributed by atoms with van der Waals surface area (Å²) < 4.78 is 6.59. The van der Waals surface area contributed by atoms with Gasteiger partial charge < -0.3 is 9.73 Å². The third kappa shape index (κ3) is 4.59. The summed E-state index contributed by atoms with van der Waals surface area (Å²) in [4.78, 5) is 12.6. The lowest BCUT2D eigenvalue weighted by Gasteiger charge is -2.15. The van der Waals surface area contributed by atoms with Crippen LogP contribution in [-0.4, -0.2) is 21.4 Å². The number of hydrogen-bond acceptors (Lipinski definition) is 5. The predicted molar refractivity (Wildman–Crippen MR) is 112 cm³/mol. The quantitative estimate of drug-likeness (QED) is 0.521. The monoisotopic (exact) mass is 445 g/mol. The van der Waals surface area contributed by atoms with Crippen LogP contribution in [0.4, 0.5) is 5.69 Å². The summed E-state index contributed by atoms with van der Waals surface area (Å²) in [6.07, 6.45) is 0. The minimum atomic E-state index is -0.377. The van der Waals surface area contributed by atoms with E-state index in [-0.39, 0.29) is 11.2 Å². The van der Waals surface area contributed by atoms with Gasteiger partial charge in [0.1, 0.15) is 0 Å². The smallest absolute Gasteiger partial charge is 0.277 e. The van der Waals surface area contributed by atoms with Crippen LogP contribution in [0.2, 0.25) is 0 Å². The van der Waals surface area contributed by atoms with Crippen LogP contribution in [0.25, 0.3) is 11.5 Å². The van der Waals surface area contributed by atoms with E-state index >= 15 is 0 Å². The van der Waals surface area contributed by atoms with E-state index in [9.17, 15) is 4.79 Å². The topological polar surface area (TPSA) is 68.0 Å². The van der Waals surface area contributed by atoms with E-state index in [1.165, 1.54) is 17.3 Å². The van der Waals surface area contributed by atoms with Gasteiger partial charge in [-0.1, -0.05) is 41.6 Å². The van der Waals surface area contributed by atoms with Crippen LogP contribution in [0, 0.1) is 20.8 Å². The highest BCUT2D eigenvalue weighted by molar-refractivity contribution is 9.10. The highest BCUT2D eigenvalue weighted by Gasteiger charge is 2.20. The fraction of sp³-hybridized carbons (Fsp3) is 0.250. The number of rotatable bonds is 5. The van der Waals surface area contributed by atoms with Gasteiger partial charge in [-0.05, 0) is 66.9 Å². The van der Waals surface area contributed by atoms with E-state index in [0.717, 1.165) is 26.9 Å². The Bertz CT molecular complexity index is 964. The van der Waals surface area contributed by atoms with Crippen LogP contribution < -0.4 is 5.32 Å². The Labute approximate surface area is 171 Å². The lowest BCUT2D eigenvalue weighted by atomic mass is 10.1. The van der Waals surface area contributed by atoms with Crippen LogP contribution in [0.1, 0.15) is 23.6 Å². The molecule has 2 aromatic carbocycles. The molecule has 1 aromatic heterocycles. The minimum absolute atomic E-state index is 0.101. The molecule has 0 unspecified atom stereocenters. The van der Waals surface area contributed by atoms with Crippen molar-refractivity contribution in [3.63, 3.8) is 0 Å². The molecule has 0 aliphatic heterocycles. The molecular formula is C20H20BrN3O2S. The average Bonchev–Trinajstić information content (AvgIpc) is 3.06. The summed E-state index contributed by atoms with van der Waals surface area (Å²) in [5.41, 5.74) is 4.95. The molecule has 0 saturated heterocycles. The highest BCUT2D eigenvalue weighted by Crippen LogP contribution is 2.31. The Morgan fingerprint density at radius 1 is 1.15 bits per heavy atom. The molecule has 1 heterocycles. The number of thioether (sulfide) groups is 1. The first kappa shape index (κ1) is 19.6. The van der Waals surface area contributed by atoms with E-state index in [1.54, 1.807) is 0 Å². The predicted octanol–water partition coefficient (Wildman–Crippen LogP) is 5.54. The molecule has 3 rings (SSSR count). The first-order valence-electron chi connectivity index (χ1n) is 8.49. The van der Waals surface area contributed by atoms with Gasteiger partial charge in [0.2, 0.25) is 11.8 Å². The Balaban J connectivity index is 1.70. The number of anilines is 1. The van der Waals surface area contributed by atoms with Gasteiger partial charge in [-0.15, -0.1) is 10.2 Å². The van der Waals surface area contributed by atoms with E-state index in [2.05, 4.69) is 43.6 Å². The molecule has 27 heavy (non-hydrogen) atoms. The zero-order valence-corrected chi connectivity index (χ0v) is 17.9. The molecular weight excluding hydrogens is 426 g/mol. The van der Waals surface area contributed by atoms with Crippen molar-refractivity contribution in [2.75, 3.05) is 5.32 Å². The van der Waals surface area contributed by atoms with Crippen LogP contribution in [0.3, 0.4) is 0 Å². The molecule has 0 saturated carbocycles. The summed E-state index contributed by atoms with van der Waals surface area (Å²) in [6.45, 7) is 7.86. The molecule has 3 aromatic rings. The summed E-state index contributed by atoms with van der Waals surface area (Å²) in [6, 6.07) is 11.7. The van der Waals surface area contributed by atoms with Gasteiger partial charge in [0, 0.05) is 10.2 Å². The maximum absolute atomic E-state index is 12.6. The average molecular weight is 446 g/mol. The minimum Gasteiger partial charge on any atom is -0.411 e. The Morgan fingerprint density at radius 2 is 1.81 bits per heavy atom. The molecule has 7 heteroatoms. The highest BCUT2D eigenvalue weighted by atomic mass is 79.9. The second kappa shape index (κ2) is 8.27. The first-order valence-corrected chi connectivity index (χ1v) is 10.2. The molecule has 1 atom stereocenters. The van der Waals surface area contributed by atoms with Crippen LogP contribution in [-0.2, 0) is 4.79 Å². The van der Waals surface area contributed by atoms with Crippen molar-refractivity contribution in [2.24, 2.45) is 0 Å². The summed E-state index contributed by atoms with van der Waals surface area (Å²) in [7, 11) is 0. The van der Waals surface area contributed by atoms with Crippen molar-refractivity contribution in [3.05, 3.63) is 57.6 Å². The fourth-order valence-electron chi connectivity index (χ4n) is 2.81. The number of carbonyl (C=O) groups is 1. The number of aryl methyl sites for hydroxylation is 3. The summed E-state index contributed by atoms with van der Waals surface area (Å²) >= 11 is 4.71. The Morgan fingerprint density at radius 3 is 2.48 bits per heavy atom. The van der Waals surface area contributed by atoms with Gasteiger partial charge in [-0.2, -0.15) is 0 Å². The molecule has 0 bridgehead atoms. The Kier molecular flexibility index (Phi) is 6.01. The number of halogens is 1. The number of carbonyl (C=O) groups excluding carboxylic acids is 1. The molecule has 0 fully saturated rings. The second-order valence-corrected chi connectivity index (χ2v) is 8.52. The van der Waals surface area contributed by atoms with Gasteiger partial charge >= 0.3 is 0 Å². The normalized spacial score (nSPS) is 12.0. The van der Waals surface area contributed by atoms with Crippen molar-refractivity contribution in [1.29, 1.82) is 0 Å². The maximum atomic E-state index is 12.6. The molecule has 0 aliphatic carbocycles. The second-order valence-electron chi connectivity index (χ2n) is 6.38. The fourth-order valence-corrected chi connectivity index (χ4v) is 3.95. The maximum Gasteiger partial charge on any atom is 0.277 e. The van der Waals surface area contributed by atoms with Crippen LogP contribution in [0.5, 0.6) is 0 Å². The third-order valence-corrected chi connectivity index (χ3v) is 5.71. The zero-order chi connectivity index (χ0) is 19.6. The Hall–Kier alpha value is -2.12. The van der Waals surface area contributed by atoms with Gasteiger partial charge in [0.15, 0.2) is 0 Å². The molecule has 1 N–H and O–H groups in total. The zero-order valence-electron chi connectivity index (χ0n) is 15.5. The van der Waals surface area contributed by atoms with Crippen molar-refractivity contribution in [1.82, 2.24) is 10.2 Å². The number of nitrogens with one attached hydrogen (secondary N) is 1. The molecule has 5 nitrogen and oxygen atoms in total. The van der Waals surface area contributed by atoms with Crippen molar-refractivity contribution < 1.29 is 9.21 Å². The standard InChI is InChI=1S/C20H20BrN3O2S/c1-11-9-12(2)17(13(3)10-11)22-18(25)14(4)27-20-24-23-19(26-20)15-7-5-6-8-16(15)21/h5-10,14H,1-4H3,(H,22,25)/t14-/m0/s1. The van der Waals surface area contributed by atoms with Gasteiger partial charge in [0.25, 0.3) is 5.22 Å². The largest absolute Gasteiger partial charge is 0.411 e. The molecule has 0 spiro atoms. The van der Waals surface area contributed by atoms with E-state index in [4.69, 9.17) is 4.42 Å². The van der Waals surface area contributed by atoms with Crippen molar-refractivity contribution in [3.8, 4) is 11.5 Å². The molecule has 0 radical (unpaired) electrons. The summed E-state index contributed by atoms with van der Waals surface area (Å²) in [5, 5.41) is 11.1. The summed E-state index contributed by atoms with van der Waals surface area (Å²) in [5.74, 6) is 0.318. The van der Waals surface area contributed by atoms with Crippen LogP contribution >= 0.6 is 27.7 Å². The number of amides is 1. The number of nitrogens with zero attached hydrogens (tertiary/aromatic N) is 2. The molecule has 1 amide bonds. The lowest BCUT2D eigenvalue weighted by molar-refractivity contribution is -0.115.